The van der Waals surface area contributed by atoms with E-state index in [0.29, 0.717) is 41.4 Å². The summed E-state index contributed by atoms with van der Waals surface area (Å²) in [6, 6.07) is 18.6. The lowest BCUT2D eigenvalue weighted by atomic mass is 9.51. The number of anilines is 1. The van der Waals surface area contributed by atoms with Crippen molar-refractivity contribution in [2.75, 3.05) is 11.4 Å². The highest BCUT2D eigenvalue weighted by atomic mass is 35.5. The average Bonchev–Trinajstić information content (AvgIpc) is 3.85. The summed E-state index contributed by atoms with van der Waals surface area (Å²) in [5, 5.41) is 28.9. The normalized spacial score (nSPS) is 25.7. The summed E-state index contributed by atoms with van der Waals surface area (Å²) < 4.78 is 2.60. The van der Waals surface area contributed by atoms with Crippen molar-refractivity contribution in [1.82, 2.24) is 14.7 Å². The minimum absolute atomic E-state index is 0.0129. The second-order valence-corrected chi connectivity index (χ2v) is 17.6. The predicted octanol–water partition coefficient (Wildman–Crippen LogP) is 8.00. The average molecular weight is 805 g/mol. The van der Waals surface area contributed by atoms with Gasteiger partial charge in [-0.15, -0.1) is 11.3 Å². The predicted molar refractivity (Wildman–Crippen MR) is 217 cm³/mol. The molecule has 4 amide bonds. The van der Waals surface area contributed by atoms with Gasteiger partial charge in [-0.3, -0.25) is 33.6 Å². The number of hydrogen-bond acceptors (Lipinski definition) is 8. The van der Waals surface area contributed by atoms with Crippen LogP contribution in [0.15, 0.2) is 72.3 Å². The van der Waals surface area contributed by atoms with E-state index in [1.54, 1.807) is 35.2 Å². The number of carboxylic acids is 1. The molecule has 4 aliphatic rings. The minimum atomic E-state index is -1.36. The zero-order valence-corrected chi connectivity index (χ0v) is 33.3. The molecule has 9 rings (SSSR count). The van der Waals surface area contributed by atoms with Crippen LogP contribution in [0.2, 0.25) is 5.02 Å². The number of carbonyl (C=O) groups excluding carboxylic acids is 4. The lowest BCUT2D eigenvalue weighted by Gasteiger charge is -2.49. The van der Waals surface area contributed by atoms with E-state index >= 15 is 9.59 Å². The Kier molecular flexibility index (Phi) is 8.93. The van der Waals surface area contributed by atoms with Crippen LogP contribution in [0.4, 0.5) is 5.82 Å². The van der Waals surface area contributed by atoms with Gasteiger partial charge in [-0.1, -0.05) is 60.0 Å². The molecule has 6 unspecified atom stereocenters. The maximum atomic E-state index is 15.3. The van der Waals surface area contributed by atoms with Crippen LogP contribution in [0, 0.1) is 36.0 Å². The van der Waals surface area contributed by atoms with Gasteiger partial charge in [-0.2, -0.15) is 5.10 Å². The first-order valence-electron chi connectivity index (χ1n) is 19.4. The Bertz CT molecular complexity index is 2610. The van der Waals surface area contributed by atoms with Crippen molar-refractivity contribution >= 4 is 79.2 Å². The number of phenols is 1. The molecule has 3 aromatic carbocycles. The zero-order valence-electron chi connectivity index (χ0n) is 31.7. The fourth-order valence-electron chi connectivity index (χ4n) is 10.4. The van der Waals surface area contributed by atoms with Gasteiger partial charge in [-0.25, -0.2) is 4.90 Å². The van der Waals surface area contributed by atoms with Crippen LogP contribution >= 0.6 is 22.9 Å². The summed E-state index contributed by atoms with van der Waals surface area (Å²) in [4.78, 5) is 73.0. The maximum Gasteiger partial charge on any atom is 0.303 e. The van der Waals surface area contributed by atoms with Crippen LogP contribution in [0.3, 0.4) is 0 Å². The Hall–Kier alpha value is -5.33. The number of aryl methyl sites for hydroxylation is 2. The highest BCUT2D eigenvalue weighted by Gasteiger charge is 2.68. The number of imide groups is 2. The van der Waals surface area contributed by atoms with Crippen molar-refractivity contribution in [3.8, 4) is 16.3 Å². The van der Waals surface area contributed by atoms with Crippen molar-refractivity contribution < 1.29 is 34.2 Å². The third-order valence-corrected chi connectivity index (χ3v) is 14.6. The molecule has 0 spiro atoms. The molecular weight excluding hydrogens is 764 g/mol. The van der Waals surface area contributed by atoms with E-state index in [9.17, 15) is 19.5 Å². The van der Waals surface area contributed by atoms with Crippen LogP contribution in [-0.4, -0.2) is 61.0 Å². The monoisotopic (exact) mass is 804 g/mol. The number of benzene rings is 3. The number of allylic oxidation sites excluding steroid dienone is 2. The summed E-state index contributed by atoms with van der Waals surface area (Å²) >= 11 is 7.89. The van der Waals surface area contributed by atoms with Gasteiger partial charge in [0.05, 0.1) is 28.0 Å². The third kappa shape index (κ3) is 5.58. The Morgan fingerprint density at radius 3 is 2.54 bits per heavy atom. The fraction of sp³-hybridized carbons (Fsp3) is 0.364. The number of halogens is 1. The van der Waals surface area contributed by atoms with Crippen molar-refractivity contribution in [2.24, 2.45) is 36.1 Å². The number of nitrogens with zero attached hydrogens (tertiary/aromatic N) is 4. The van der Waals surface area contributed by atoms with Gasteiger partial charge < -0.3 is 10.2 Å². The second kappa shape index (κ2) is 13.7. The van der Waals surface area contributed by atoms with Gasteiger partial charge in [0.2, 0.25) is 23.6 Å². The number of carboxylic acid groups (broad SMARTS) is 1. The van der Waals surface area contributed by atoms with Crippen molar-refractivity contribution in [2.45, 2.75) is 58.3 Å². The summed E-state index contributed by atoms with van der Waals surface area (Å²) in [6.07, 6.45) is 3.98. The first-order valence-corrected chi connectivity index (χ1v) is 20.6. The number of carbonyl (C=O) groups is 5. The highest BCUT2D eigenvalue weighted by molar-refractivity contribution is 7.22. The minimum Gasteiger partial charge on any atom is -0.508 e. The molecule has 5 aromatic rings. The van der Waals surface area contributed by atoms with Crippen molar-refractivity contribution in [3.05, 3.63) is 88.5 Å². The molecule has 13 heteroatoms. The quantitative estimate of drug-likeness (QED) is 0.0865. The van der Waals surface area contributed by atoms with Gasteiger partial charge in [0.15, 0.2) is 0 Å². The van der Waals surface area contributed by atoms with E-state index in [4.69, 9.17) is 21.8 Å². The molecule has 4 heterocycles. The molecule has 1 saturated carbocycles. The number of amides is 4. The number of likely N-dealkylation sites (tertiary alicyclic amines) is 1. The summed E-state index contributed by atoms with van der Waals surface area (Å²) in [7, 11) is 1.71. The van der Waals surface area contributed by atoms with E-state index < -0.39 is 52.8 Å². The molecule has 0 radical (unpaired) electrons. The van der Waals surface area contributed by atoms with E-state index in [1.165, 1.54) is 9.80 Å². The van der Waals surface area contributed by atoms with E-state index in [-0.39, 0.29) is 43.4 Å². The molecule has 11 nitrogen and oxygen atoms in total. The SMILES string of the molecule is Cc1c(-c2cc(N3C(=O)C4CC5C(=CCC6C(=O)N(CCCCCC(=O)O)C(=O)C65)C(c5c(O)ccc6ccccc56)C4(C)C3=O)n(C)n2)sc2ccc(Cl)cc12. The first kappa shape index (κ1) is 37.3. The summed E-state index contributed by atoms with van der Waals surface area (Å²) in [5.41, 5.74) is 1.56. The Morgan fingerprint density at radius 1 is 0.965 bits per heavy atom. The molecular formula is C44H41ClN4O7S. The Balaban J connectivity index is 1.14. The highest BCUT2D eigenvalue weighted by Crippen LogP contribution is 2.65. The summed E-state index contributed by atoms with van der Waals surface area (Å²) in [6.45, 7) is 4.01. The number of rotatable bonds is 9. The Labute approximate surface area is 337 Å². The van der Waals surface area contributed by atoms with Gasteiger partial charge in [0, 0.05) is 47.3 Å². The van der Waals surface area contributed by atoms with Gasteiger partial charge in [0.1, 0.15) is 17.3 Å². The molecule has 2 aromatic heterocycles. The molecule has 0 bridgehead atoms. The number of hydrogen-bond donors (Lipinski definition) is 2. The van der Waals surface area contributed by atoms with Crippen molar-refractivity contribution in [1.29, 1.82) is 0 Å². The smallest absolute Gasteiger partial charge is 0.303 e. The topological polar surface area (TPSA) is 150 Å². The largest absolute Gasteiger partial charge is 0.508 e. The lowest BCUT2D eigenvalue weighted by Crippen LogP contribution is -2.49. The number of unbranched alkanes of at least 4 members (excludes halogenated alkanes) is 2. The van der Waals surface area contributed by atoms with Crippen LogP contribution in [0.5, 0.6) is 5.75 Å². The van der Waals surface area contributed by atoms with Gasteiger partial charge in [-0.05, 0) is 91.4 Å². The standard InChI is InChI=1S/C44H41ClN4O7S/c1-22-28-19-24(45)13-17-33(28)57-39(22)31-21-34(47(3)46-31)49-41(54)30-20-29-26(14-15-27-36(29)42(55)48(40(27)53)18-8-4-5-11-35(51)52)38(44(30,2)43(49)56)37-25-10-7-6-9-23(25)12-16-32(37)50/h6-7,9-10,12-14,16-17,19,21,27,29-30,36,38,50H,4-5,8,11,15,18,20H2,1-3H3,(H,51,52). The van der Waals surface area contributed by atoms with E-state index in [0.717, 1.165) is 36.9 Å². The number of aromatic nitrogens is 2. The molecule has 292 valence electrons. The van der Waals surface area contributed by atoms with Crippen LogP contribution < -0.4 is 4.90 Å². The molecule has 2 N–H and O–H groups in total. The molecule has 3 fully saturated rings. The molecule has 2 aliphatic heterocycles. The third-order valence-electron chi connectivity index (χ3n) is 13.1. The summed E-state index contributed by atoms with van der Waals surface area (Å²) in [5.74, 6) is -5.50. The van der Waals surface area contributed by atoms with Crippen LogP contribution in [-0.2, 0) is 31.0 Å². The van der Waals surface area contributed by atoms with E-state index in [2.05, 4.69) is 0 Å². The second-order valence-electron chi connectivity index (χ2n) is 16.1. The van der Waals surface area contributed by atoms with Gasteiger partial charge >= 0.3 is 5.97 Å². The molecule has 2 saturated heterocycles. The number of aromatic hydroxyl groups is 1. The number of aliphatic carboxylic acids is 1. The van der Waals surface area contributed by atoms with Crippen LogP contribution in [0.1, 0.15) is 62.5 Å². The fourth-order valence-corrected chi connectivity index (χ4v) is 11.7. The Morgan fingerprint density at radius 2 is 1.75 bits per heavy atom. The molecule has 2 aliphatic carbocycles. The first-order chi connectivity index (χ1) is 27.3. The molecule has 6 atom stereocenters. The molecule has 57 heavy (non-hydrogen) atoms. The maximum absolute atomic E-state index is 15.3. The lowest BCUT2D eigenvalue weighted by molar-refractivity contribution is -0.141. The number of thiophene rings is 1. The van der Waals surface area contributed by atoms with Crippen molar-refractivity contribution in [3.63, 3.8) is 0 Å². The van der Waals surface area contributed by atoms with E-state index in [1.807, 2.05) is 68.5 Å². The van der Waals surface area contributed by atoms with Crippen LogP contribution in [0.25, 0.3) is 31.4 Å². The zero-order chi connectivity index (χ0) is 40.1. The number of phenolic OH excluding ortho intramolecular Hbond substituents is 1. The number of fused-ring (bicyclic) bond motifs is 6. The van der Waals surface area contributed by atoms with Gasteiger partial charge in [0.25, 0.3) is 0 Å².